The molecule has 1 fully saturated rings. The molecule has 1 saturated carbocycles. The van der Waals surface area contributed by atoms with Gasteiger partial charge in [-0.1, -0.05) is 12.8 Å². The van der Waals surface area contributed by atoms with E-state index in [4.69, 9.17) is 5.73 Å². The number of rotatable bonds is 4. The highest BCUT2D eigenvalue weighted by atomic mass is 32.2. The number of hydrogen-bond donors (Lipinski definition) is 2. The fourth-order valence-corrected chi connectivity index (χ4v) is 3.31. The first kappa shape index (κ1) is 12.6. The molecule has 17 heavy (non-hydrogen) atoms. The fourth-order valence-electron chi connectivity index (χ4n) is 2.39. The Kier molecular flexibility index (Phi) is 3.82. The number of nitrogens with two attached hydrogens (primary N) is 1. The SMILES string of the molecule is CSC1(CNc2ccc(N)c(C)n2)CCCC1. The number of anilines is 2. The maximum atomic E-state index is 5.76. The number of nitrogens with zero attached hydrogens (tertiary/aromatic N) is 1. The highest BCUT2D eigenvalue weighted by Crippen LogP contribution is 2.40. The van der Waals surface area contributed by atoms with E-state index in [1.165, 1.54) is 25.7 Å². The van der Waals surface area contributed by atoms with Gasteiger partial charge in [-0.15, -0.1) is 0 Å². The average molecular weight is 251 g/mol. The van der Waals surface area contributed by atoms with Crippen LogP contribution in [0.25, 0.3) is 0 Å². The quantitative estimate of drug-likeness (QED) is 0.863. The first-order valence-electron chi connectivity index (χ1n) is 6.17. The summed E-state index contributed by atoms with van der Waals surface area (Å²) in [5, 5.41) is 3.46. The van der Waals surface area contributed by atoms with E-state index in [9.17, 15) is 0 Å². The Bertz CT molecular complexity index is 386. The molecule has 1 aliphatic carbocycles. The molecule has 3 nitrogen and oxygen atoms in total. The minimum Gasteiger partial charge on any atom is -0.397 e. The molecule has 0 amide bonds. The monoisotopic (exact) mass is 251 g/mol. The van der Waals surface area contributed by atoms with Crippen LogP contribution < -0.4 is 11.1 Å². The maximum absolute atomic E-state index is 5.76. The number of aromatic nitrogens is 1. The summed E-state index contributed by atoms with van der Waals surface area (Å²) in [6.45, 7) is 2.95. The molecular formula is C13H21N3S. The van der Waals surface area contributed by atoms with Gasteiger partial charge in [-0.3, -0.25) is 0 Å². The second-order valence-corrected chi connectivity index (χ2v) is 6.09. The summed E-state index contributed by atoms with van der Waals surface area (Å²) < 4.78 is 0.414. The van der Waals surface area contributed by atoms with Crippen molar-refractivity contribution in [3.05, 3.63) is 17.8 Å². The van der Waals surface area contributed by atoms with Gasteiger partial charge in [0.15, 0.2) is 0 Å². The molecule has 2 rings (SSSR count). The zero-order chi connectivity index (χ0) is 12.3. The minimum absolute atomic E-state index is 0.414. The normalized spacial score (nSPS) is 18.2. The van der Waals surface area contributed by atoms with Gasteiger partial charge < -0.3 is 11.1 Å². The Balaban J connectivity index is 1.99. The summed E-state index contributed by atoms with van der Waals surface area (Å²) in [6.07, 6.45) is 7.56. The second kappa shape index (κ2) is 5.17. The van der Waals surface area contributed by atoms with Crippen LogP contribution in [0.15, 0.2) is 12.1 Å². The summed E-state index contributed by atoms with van der Waals surface area (Å²) in [4.78, 5) is 4.45. The maximum Gasteiger partial charge on any atom is 0.126 e. The molecule has 0 spiro atoms. The molecule has 1 aromatic rings. The van der Waals surface area contributed by atoms with Gasteiger partial charge in [-0.25, -0.2) is 4.98 Å². The second-order valence-electron chi connectivity index (χ2n) is 4.82. The molecule has 0 aliphatic heterocycles. The van der Waals surface area contributed by atoms with E-state index in [0.717, 1.165) is 23.7 Å². The van der Waals surface area contributed by atoms with Crippen LogP contribution >= 0.6 is 11.8 Å². The summed E-state index contributed by atoms with van der Waals surface area (Å²) in [6, 6.07) is 3.89. The summed E-state index contributed by atoms with van der Waals surface area (Å²) >= 11 is 1.99. The Morgan fingerprint density at radius 2 is 2.12 bits per heavy atom. The van der Waals surface area contributed by atoms with Crippen molar-refractivity contribution in [2.75, 3.05) is 23.9 Å². The van der Waals surface area contributed by atoms with Crippen molar-refractivity contribution in [2.24, 2.45) is 0 Å². The lowest BCUT2D eigenvalue weighted by molar-refractivity contribution is 0.638. The third-order valence-electron chi connectivity index (χ3n) is 3.67. The highest BCUT2D eigenvalue weighted by molar-refractivity contribution is 8.00. The molecule has 1 heterocycles. The fraction of sp³-hybridized carbons (Fsp3) is 0.615. The average Bonchev–Trinajstić information content (AvgIpc) is 2.80. The molecule has 1 aliphatic rings. The minimum atomic E-state index is 0.414. The lowest BCUT2D eigenvalue weighted by atomic mass is 10.1. The van der Waals surface area contributed by atoms with Crippen LogP contribution in [0.5, 0.6) is 0 Å². The number of thioether (sulfide) groups is 1. The lowest BCUT2D eigenvalue weighted by Crippen LogP contribution is -2.30. The number of aryl methyl sites for hydroxylation is 1. The third-order valence-corrected chi connectivity index (χ3v) is 5.08. The van der Waals surface area contributed by atoms with Crippen LogP contribution in [0.1, 0.15) is 31.4 Å². The predicted octanol–water partition coefficient (Wildman–Crippen LogP) is 3.06. The van der Waals surface area contributed by atoms with Gasteiger partial charge in [-0.05, 0) is 38.2 Å². The summed E-state index contributed by atoms with van der Waals surface area (Å²) in [5.41, 5.74) is 7.43. The van der Waals surface area contributed by atoms with Crippen LogP contribution in [0, 0.1) is 6.92 Å². The van der Waals surface area contributed by atoms with Gasteiger partial charge in [0.1, 0.15) is 5.82 Å². The number of pyridine rings is 1. The summed E-state index contributed by atoms with van der Waals surface area (Å²) in [7, 11) is 0. The Morgan fingerprint density at radius 1 is 1.41 bits per heavy atom. The van der Waals surface area contributed by atoms with Crippen molar-refractivity contribution in [3.8, 4) is 0 Å². The molecule has 0 saturated heterocycles. The zero-order valence-electron chi connectivity index (χ0n) is 10.6. The van der Waals surface area contributed by atoms with Crippen LogP contribution in [0.4, 0.5) is 11.5 Å². The van der Waals surface area contributed by atoms with Crippen LogP contribution in [0.2, 0.25) is 0 Å². The standard InChI is InChI=1S/C13H21N3S/c1-10-11(14)5-6-12(16-10)15-9-13(17-2)7-3-4-8-13/h5-6H,3-4,7-9,14H2,1-2H3,(H,15,16). The molecule has 1 aromatic heterocycles. The first-order valence-corrected chi connectivity index (χ1v) is 7.40. The van der Waals surface area contributed by atoms with E-state index in [2.05, 4.69) is 16.6 Å². The number of nitrogens with one attached hydrogen (secondary N) is 1. The first-order chi connectivity index (χ1) is 8.15. The molecule has 0 aromatic carbocycles. The van der Waals surface area contributed by atoms with Gasteiger partial charge in [0.2, 0.25) is 0 Å². The topological polar surface area (TPSA) is 50.9 Å². The van der Waals surface area contributed by atoms with Crippen molar-refractivity contribution in [1.82, 2.24) is 4.98 Å². The van der Waals surface area contributed by atoms with Crippen molar-refractivity contribution in [3.63, 3.8) is 0 Å². The van der Waals surface area contributed by atoms with Crippen molar-refractivity contribution < 1.29 is 0 Å². The van der Waals surface area contributed by atoms with Crippen LogP contribution in [0.3, 0.4) is 0 Å². The lowest BCUT2D eigenvalue weighted by Gasteiger charge is -2.27. The van der Waals surface area contributed by atoms with E-state index in [1.807, 2.05) is 30.8 Å². The van der Waals surface area contributed by atoms with E-state index in [-0.39, 0.29) is 0 Å². The molecule has 0 radical (unpaired) electrons. The number of hydrogen-bond acceptors (Lipinski definition) is 4. The van der Waals surface area contributed by atoms with Crippen LogP contribution in [-0.2, 0) is 0 Å². The van der Waals surface area contributed by atoms with Crippen molar-refractivity contribution >= 4 is 23.3 Å². The molecule has 0 atom stereocenters. The van der Waals surface area contributed by atoms with Crippen LogP contribution in [-0.4, -0.2) is 22.5 Å². The molecule has 94 valence electrons. The Hall–Kier alpha value is -0.900. The zero-order valence-corrected chi connectivity index (χ0v) is 11.4. The number of nitrogen functional groups attached to an aromatic ring is 1. The molecule has 3 N–H and O–H groups in total. The van der Waals surface area contributed by atoms with E-state index < -0.39 is 0 Å². The van der Waals surface area contributed by atoms with Gasteiger partial charge in [0, 0.05) is 11.3 Å². The molecule has 0 bridgehead atoms. The van der Waals surface area contributed by atoms with Gasteiger partial charge in [-0.2, -0.15) is 11.8 Å². The molecular weight excluding hydrogens is 230 g/mol. The predicted molar refractivity (Wildman–Crippen MR) is 76.6 cm³/mol. The van der Waals surface area contributed by atoms with Gasteiger partial charge in [0.25, 0.3) is 0 Å². The van der Waals surface area contributed by atoms with Crippen molar-refractivity contribution in [2.45, 2.75) is 37.4 Å². The van der Waals surface area contributed by atoms with E-state index >= 15 is 0 Å². The summed E-state index contributed by atoms with van der Waals surface area (Å²) in [5.74, 6) is 0.942. The van der Waals surface area contributed by atoms with E-state index in [0.29, 0.717) is 4.75 Å². The largest absolute Gasteiger partial charge is 0.397 e. The Labute approximate surface area is 108 Å². The highest BCUT2D eigenvalue weighted by Gasteiger charge is 2.32. The Morgan fingerprint density at radius 3 is 2.71 bits per heavy atom. The molecule has 4 heteroatoms. The van der Waals surface area contributed by atoms with Gasteiger partial charge in [0.05, 0.1) is 11.4 Å². The van der Waals surface area contributed by atoms with E-state index in [1.54, 1.807) is 0 Å². The van der Waals surface area contributed by atoms with Crippen molar-refractivity contribution in [1.29, 1.82) is 0 Å². The molecule has 0 unspecified atom stereocenters. The van der Waals surface area contributed by atoms with Gasteiger partial charge >= 0.3 is 0 Å². The third kappa shape index (κ3) is 2.86. The smallest absolute Gasteiger partial charge is 0.126 e.